The number of hydrogen-bond acceptors (Lipinski definition) is 4. The third kappa shape index (κ3) is 7.89. The van der Waals surface area contributed by atoms with Crippen molar-refractivity contribution >= 4 is 5.97 Å². The zero-order chi connectivity index (χ0) is 22.6. The van der Waals surface area contributed by atoms with Gasteiger partial charge in [-0.25, -0.2) is 9.97 Å². The van der Waals surface area contributed by atoms with Crippen LogP contribution in [0.1, 0.15) is 90.0 Å². The molecule has 0 radical (unpaired) electrons. The number of rotatable bonds is 12. The number of ether oxygens (including phenoxy) is 1. The van der Waals surface area contributed by atoms with Crippen LogP contribution < -0.4 is 4.74 Å². The Labute approximate surface area is 193 Å². The van der Waals surface area contributed by atoms with Crippen LogP contribution in [0, 0.1) is 5.92 Å². The van der Waals surface area contributed by atoms with Crippen molar-refractivity contribution in [3.63, 3.8) is 0 Å². The Kier molecular flexibility index (Phi) is 9.93. The number of carbonyl (C=O) groups excluding carboxylic acids is 1. The molecule has 0 spiro atoms. The van der Waals surface area contributed by atoms with Gasteiger partial charge in [0.15, 0.2) is 5.82 Å². The molecule has 0 N–H and O–H groups in total. The van der Waals surface area contributed by atoms with Crippen molar-refractivity contribution in [2.45, 2.75) is 90.9 Å². The van der Waals surface area contributed by atoms with Gasteiger partial charge in [0.25, 0.3) is 0 Å². The van der Waals surface area contributed by atoms with Crippen molar-refractivity contribution in [2.75, 3.05) is 0 Å². The summed E-state index contributed by atoms with van der Waals surface area (Å²) in [6.45, 7) is 4.38. The highest BCUT2D eigenvalue weighted by atomic mass is 16.5. The van der Waals surface area contributed by atoms with Gasteiger partial charge in [-0.15, -0.1) is 0 Å². The van der Waals surface area contributed by atoms with Crippen LogP contribution in [0.25, 0.3) is 11.4 Å². The number of nitrogens with zero attached hydrogens (tertiary/aromatic N) is 2. The number of unbranched alkanes of at least 4 members (excludes halogenated alkanes) is 7. The molecule has 1 unspecified atom stereocenters. The lowest BCUT2D eigenvalue weighted by Crippen LogP contribution is -2.22. The highest BCUT2D eigenvalue weighted by Gasteiger charge is 2.22. The van der Waals surface area contributed by atoms with Gasteiger partial charge < -0.3 is 4.74 Å². The summed E-state index contributed by atoms with van der Waals surface area (Å²) in [6.07, 6.45) is 20.3. The maximum Gasteiger partial charge on any atom is 0.314 e. The molecule has 4 nitrogen and oxygen atoms in total. The smallest absolute Gasteiger partial charge is 0.314 e. The van der Waals surface area contributed by atoms with Crippen LogP contribution >= 0.6 is 0 Å². The molecule has 1 aliphatic rings. The molecule has 0 saturated carbocycles. The number of aromatic nitrogens is 2. The molecule has 3 rings (SSSR count). The number of esters is 1. The zero-order valence-corrected chi connectivity index (χ0v) is 19.8. The summed E-state index contributed by atoms with van der Waals surface area (Å²) in [4.78, 5) is 21.5. The van der Waals surface area contributed by atoms with E-state index in [1.165, 1.54) is 62.5 Å². The Morgan fingerprint density at radius 2 is 1.62 bits per heavy atom. The van der Waals surface area contributed by atoms with E-state index in [-0.39, 0.29) is 11.9 Å². The Morgan fingerprint density at radius 3 is 2.25 bits per heavy atom. The second-order valence-corrected chi connectivity index (χ2v) is 9.11. The second-order valence-electron chi connectivity index (χ2n) is 9.11. The molecule has 1 heterocycles. The van der Waals surface area contributed by atoms with E-state index in [2.05, 4.69) is 29.9 Å². The average molecular weight is 435 g/mol. The fourth-order valence-electron chi connectivity index (χ4n) is 4.15. The maximum atomic E-state index is 12.4. The number of aryl methyl sites for hydroxylation is 1. The van der Waals surface area contributed by atoms with E-state index in [9.17, 15) is 4.79 Å². The van der Waals surface area contributed by atoms with Crippen molar-refractivity contribution < 1.29 is 9.53 Å². The molecule has 2 aromatic rings. The molecule has 1 atom stereocenters. The first-order valence-corrected chi connectivity index (χ1v) is 12.4. The van der Waals surface area contributed by atoms with E-state index < -0.39 is 0 Å². The molecule has 4 heteroatoms. The fraction of sp³-hybridized carbons (Fsp3) is 0.536. The van der Waals surface area contributed by atoms with Crippen molar-refractivity contribution in [1.82, 2.24) is 9.97 Å². The Hall–Kier alpha value is -2.49. The third-order valence-corrected chi connectivity index (χ3v) is 6.33. The number of benzene rings is 1. The van der Waals surface area contributed by atoms with E-state index in [0.717, 1.165) is 31.2 Å². The predicted molar refractivity (Wildman–Crippen MR) is 131 cm³/mol. The molecule has 0 saturated heterocycles. The summed E-state index contributed by atoms with van der Waals surface area (Å²) >= 11 is 0. The van der Waals surface area contributed by atoms with Crippen LogP contribution in [0.4, 0.5) is 0 Å². The highest BCUT2D eigenvalue weighted by Crippen LogP contribution is 2.26. The van der Waals surface area contributed by atoms with E-state index in [0.29, 0.717) is 11.6 Å². The fourth-order valence-corrected chi connectivity index (χ4v) is 4.15. The molecule has 0 amide bonds. The molecule has 32 heavy (non-hydrogen) atoms. The molecular formula is C28H38N2O2. The SMILES string of the molecule is CCCCCCCCCCc1cnc(-c2ccc(OC(=O)C3CC=C(C)CC3)cc2)nc1. The predicted octanol–water partition coefficient (Wildman–Crippen LogP) is 7.48. The third-order valence-electron chi connectivity index (χ3n) is 6.33. The van der Waals surface area contributed by atoms with Gasteiger partial charge in [-0.1, -0.05) is 63.5 Å². The van der Waals surface area contributed by atoms with Crippen molar-refractivity contribution in [3.8, 4) is 17.1 Å². The number of allylic oxidation sites excluding steroid dienone is 2. The number of hydrogen-bond donors (Lipinski definition) is 0. The van der Waals surface area contributed by atoms with Crippen LogP contribution in [0.2, 0.25) is 0 Å². The van der Waals surface area contributed by atoms with Crippen LogP contribution in [0.5, 0.6) is 5.75 Å². The Morgan fingerprint density at radius 1 is 0.969 bits per heavy atom. The van der Waals surface area contributed by atoms with Gasteiger partial charge in [0.2, 0.25) is 0 Å². The molecule has 0 fully saturated rings. The molecule has 0 bridgehead atoms. The van der Waals surface area contributed by atoms with E-state index in [1.54, 1.807) is 0 Å². The first-order valence-electron chi connectivity index (χ1n) is 12.4. The minimum Gasteiger partial charge on any atom is -0.426 e. The normalized spacial score (nSPS) is 15.9. The lowest BCUT2D eigenvalue weighted by molar-refractivity contribution is -0.139. The summed E-state index contributed by atoms with van der Waals surface area (Å²) in [5.74, 6) is 1.12. The highest BCUT2D eigenvalue weighted by molar-refractivity contribution is 5.75. The second kappa shape index (κ2) is 13.1. The van der Waals surface area contributed by atoms with Gasteiger partial charge in [-0.3, -0.25) is 4.79 Å². The first-order chi connectivity index (χ1) is 15.7. The van der Waals surface area contributed by atoms with Gasteiger partial charge in [-0.05, 0) is 68.9 Å². The van der Waals surface area contributed by atoms with E-state index in [4.69, 9.17) is 4.74 Å². The topological polar surface area (TPSA) is 52.1 Å². The van der Waals surface area contributed by atoms with Gasteiger partial charge in [0.1, 0.15) is 5.75 Å². The van der Waals surface area contributed by atoms with E-state index >= 15 is 0 Å². The van der Waals surface area contributed by atoms with Crippen molar-refractivity contribution in [3.05, 3.63) is 53.9 Å². The summed E-state index contributed by atoms with van der Waals surface area (Å²) < 4.78 is 5.58. The van der Waals surface area contributed by atoms with E-state index in [1.807, 2.05) is 36.7 Å². The molecule has 1 aliphatic carbocycles. The summed E-state index contributed by atoms with van der Waals surface area (Å²) in [6, 6.07) is 7.49. The minimum absolute atomic E-state index is 0.0321. The summed E-state index contributed by atoms with van der Waals surface area (Å²) in [7, 11) is 0. The molecule has 172 valence electrons. The van der Waals surface area contributed by atoms with Gasteiger partial charge in [0, 0.05) is 18.0 Å². The Balaban J connectivity index is 1.41. The largest absolute Gasteiger partial charge is 0.426 e. The lowest BCUT2D eigenvalue weighted by atomic mass is 9.90. The monoisotopic (exact) mass is 434 g/mol. The van der Waals surface area contributed by atoms with Crippen molar-refractivity contribution in [2.24, 2.45) is 5.92 Å². The van der Waals surface area contributed by atoms with Gasteiger partial charge >= 0.3 is 5.97 Å². The zero-order valence-electron chi connectivity index (χ0n) is 19.8. The molecule has 1 aromatic heterocycles. The van der Waals surface area contributed by atoms with Crippen LogP contribution in [-0.4, -0.2) is 15.9 Å². The van der Waals surface area contributed by atoms with Gasteiger partial charge in [-0.2, -0.15) is 0 Å². The van der Waals surface area contributed by atoms with Crippen molar-refractivity contribution in [1.29, 1.82) is 0 Å². The maximum absolute atomic E-state index is 12.4. The van der Waals surface area contributed by atoms with Crippen LogP contribution in [0.15, 0.2) is 48.3 Å². The minimum atomic E-state index is -0.136. The standard InChI is InChI=1S/C28H38N2O2/c1-3-4-5-6-7-8-9-10-11-23-20-29-27(30-21-23)24-16-18-26(19-17-24)32-28(31)25-14-12-22(2)13-15-25/h12,16-21,25H,3-11,13-15H2,1-2H3. The molecular weight excluding hydrogens is 396 g/mol. The molecule has 0 aliphatic heterocycles. The van der Waals surface area contributed by atoms with Crippen LogP contribution in [-0.2, 0) is 11.2 Å². The Bertz CT molecular complexity index is 856. The number of carbonyl (C=O) groups is 1. The lowest BCUT2D eigenvalue weighted by Gasteiger charge is -2.18. The summed E-state index contributed by atoms with van der Waals surface area (Å²) in [5.41, 5.74) is 3.49. The van der Waals surface area contributed by atoms with Crippen LogP contribution in [0.3, 0.4) is 0 Å². The molecule has 1 aromatic carbocycles. The average Bonchev–Trinajstić information content (AvgIpc) is 2.82. The first kappa shape index (κ1) is 24.2. The quantitative estimate of drug-likeness (QED) is 0.150. The van der Waals surface area contributed by atoms with Gasteiger partial charge in [0.05, 0.1) is 5.92 Å². The summed E-state index contributed by atoms with van der Waals surface area (Å²) in [5, 5.41) is 0.